The molecule has 0 saturated carbocycles. The van der Waals surface area contributed by atoms with Crippen molar-refractivity contribution in [2.45, 2.75) is 32.9 Å². The van der Waals surface area contributed by atoms with Gasteiger partial charge in [0.15, 0.2) is 0 Å². The van der Waals surface area contributed by atoms with Crippen LogP contribution in [0.3, 0.4) is 0 Å². The van der Waals surface area contributed by atoms with Crippen LogP contribution in [0.4, 0.5) is 5.69 Å². The van der Waals surface area contributed by atoms with Crippen molar-refractivity contribution in [1.29, 1.82) is 0 Å². The fourth-order valence-electron chi connectivity index (χ4n) is 2.40. The van der Waals surface area contributed by atoms with Gasteiger partial charge in [-0.25, -0.2) is 0 Å². The van der Waals surface area contributed by atoms with Crippen LogP contribution in [0, 0.1) is 5.92 Å². The molecule has 1 aliphatic heterocycles. The molecular formula is C14H22N2. The van der Waals surface area contributed by atoms with Gasteiger partial charge in [0.1, 0.15) is 0 Å². The molecule has 0 amide bonds. The molecule has 0 aliphatic carbocycles. The topological polar surface area (TPSA) is 15.3 Å². The summed E-state index contributed by atoms with van der Waals surface area (Å²) in [5.74, 6) is 0.733. The molecular weight excluding hydrogens is 196 g/mol. The van der Waals surface area contributed by atoms with Gasteiger partial charge in [0, 0.05) is 31.9 Å². The zero-order valence-electron chi connectivity index (χ0n) is 10.5. The van der Waals surface area contributed by atoms with Crippen molar-refractivity contribution in [3.05, 3.63) is 29.8 Å². The van der Waals surface area contributed by atoms with Crippen LogP contribution in [0.2, 0.25) is 0 Å². The summed E-state index contributed by atoms with van der Waals surface area (Å²) < 4.78 is 0. The monoisotopic (exact) mass is 218 g/mol. The lowest BCUT2D eigenvalue weighted by Gasteiger charge is -2.27. The molecule has 0 bridgehead atoms. The van der Waals surface area contributed by atoms with E-state index in [2.05, 4.69) is 55.4 Å². The lowest BCUT2D eigenvalue weighted by Crippen LogP contribution is -2.41. The number of nitrogens with zero attached hydrogens (tertiary/aromatic N) is 1. The van der Waals surface area contributed by atoms with Crippen LogP contribution in [-0.2, 0) is 6.54 Å². The predicted molar refractivity (Wildman–Crippen MR) is 69.8 cm³/mol. The van der Waals surface area contributed by atoms with Gasteiger partial charge in [0.05, 0.1) is 0 Å². The summed E-state index contributed by atoms with van der Waals surface area (Å²) in [4.78, 5) is 2.38. The van der Waals surface area contributed by atoms with Crippen molar-refractivity contribution in [3.63, 3.8) is 0 Å². The van der Waals surface area contributed by atoms with Crippen LogP contribution in [-0.4, -0.2) is 19.6 Å². The number of anilines is 1. The van der Waals surface area contributed by atoms with Gasteiger partial charge in [0.2, 0.25) is 0 Å². The maximum Gasteiger partial charge on any atom is 0.0409 e. The van der Waals surface area contributed by atoms with Gasteiger partial charge in [-0.05, 0) is 17.5 Å². The second kappa shape index (κ2) is 4.88. The molecule has 0 aromatic heterocycles. The summed E-state index contributed by atoms with van der Waals surface area (Å²) in [7, 11) is 2.20. The molecule has 2 unspecified atom stereocenters. The minimum atomic E-state index is 0.599. The van der Waals surface area contributed by atoms with Gasteiger partial charge in [-0.15, -0.1) is 0 Å². The number of rotatable bonds is 2. The van der Waals surface area contributed by atoms with Crippen LogP contribution >= 0.6 is 0 Å². The molecule has 88 valence electrons. The highest BCUT2D eigenvalue weighted by molar-refractivity contribution is 5.53. The molecule has 0 spiro atoms. The summed E-state index contributed by atoms with van der Waals surface area (Å²) >= 11 is 0. The average molecular weight is 218 g/mol. The average Bonchev–Trinajstić information content (AvgIpc) is 2.49. The van der Waals surface area contributed by atoms with Gasteiger partial charge in [-0.2, -0.15) is 0 Å². The Morgan fingerprint density at radius 3 is 2.94 bits per heavy atom. The van der Waals surface area contributed by atoms with Gasteiger partial charge in [0.25, 0.3) is 0 Å². The Bertz CT molecular complexity index is 348. The summed E-state index contributed by atoms with van der Waals surface area (Å²) in [5.41, 5.74) is 2.79. The van der Waals surface area contributed by atoms with Crippen molar-refractivity contribution >= 4 is 5.69 Å². The Morgan fingerprint density at radius 2 is 2.19 bits per heavy atom. The molecule has 2 rings (SSSR count). The van der Waals surface area contributed by atoms with Crippen molar-refractivity contribution in [3.8, 4) is 0 Å². The van der Waals surface area contributed by atoms with E-state index in [9.17, 15) is 0 Å². The van der Waals surface area contributed by atoms with E-state index in [-0.39, 0.29) is 0 Å². The normalized spacial score (nSPS) is 22.4. The molecule has 2 atom stereocenters. The molecule has 0 radical (unpaired) electrons. The lowest BCUT2D eigenvalue weighted by molar-refractivity contribution is 0.374. The molecule has 16 heavy (non-hydrogen) atoms. The molecule has 1 heterocycles. The van der Waals surface area contributed by atoms with E-state index < -0.39 is 0 Å². The van der Waals surface area contributed by atoms with Crippen molar-refractivity contribution in [1.82, 2.24) is 5.32 Å². The number of hydrogen-bond acceptors (Lipinski definition) is 2. The highest BCUT2D eigenvalue weighted by Crippen LogP contribution is 2.23. The SMILES string of the molecule is CCC(C)C1CN(C)c2ccccc2CN1. The Morgan fingerprint density at radius 1 is 1.44 bits per heavy atom. The number of fused-ring (bicyclic) bond motifs is 1. The Hall–Kier alpha value is -1.02. The number of likely N-dealkylation sites (N-methyl/N-ethyl adjacent to an activating group) is 1. The quantitative estimate of drug-likeness (QED) is 0.821. The second-order valence-electron chi connectivity index (χ2n) is 4.88. The molecule has 1 N–H and O–H groups in total. The molecule has 1 aliphatic rings. The third-order valence-electron chi connectivity index (χ3n) is 3.76. The lowest BCUT2D eigenvalue weighted by atomic mass is 9.99. The van der Waals surface area contributed by atoms with E-state index in [1.165, 1.54) is 17.7 Å². The van der Waals surface area contributed by atoms with Gasteiger partial charge < -0.3 is 10.2 Å². The molecule has 2 heteroatoms. The van der Waals surface area contributed by atoms with Crippen LogP contribution < -0.4 is 10.2 Å². The largest absolute Gasteiger partial charge is 0.373 e. The molecule has 0 saturated heterocycles. The summed E-state index contributed by atoms with van der Waals surface area (Å²) in [5, 5.41) is 3.68. The van der Waals surface area contributed by atoms with Crippen LogP contribution in [0.25, 0.3) is 0 Å². The number of benzene rings is 1. The fraction of sp³-hybridized carbons (Fsp3) is 0.571. The van der Waals surface area contributed by atoms with E-state index in [1.54, 1.807) is 0 Å². The van der Waals surface area contributed by atoms with E-state index >= 15 is 0 Å². The second-order valence-corrected chi connectivity index (χ2v) is 4.88. The fourth-order valence-corrected chi connectivity index (χ4v) is 2.40. The first-order valence-corrected chi connectivity index (χ1v) is 6.24. The highest BCUT2D eigenvalue weighted by Gasteiger charge is 2.22. The maximum absolute atomic E-state index is 3.68. The first-order valence-electron chi connectivity index (χ1n) is 6.24. The molecule has 1 aromatic carbocycles. The zero-order chi connectivity index (χ0) is 11.5. The van der Waals surface area contributed by atoms with E-state index in [1.807, 2.05) is 0 Å². The van der Waals surface area contributed by atoms with Crippen molar-refractivity contribution in [2.24, 2.45) is 5.92 Å². The van der Waals surface area contributed by atoms with Crippen molar-refractivity contribution in [2.75, 3.05) is 18.5 Å². The third-order valence-corrected chi connectivity index (χ3v) is 3.76. The first kappa shape index (κ1) is 11.5. The van der Waals surface area contributed by atoms with Crippen LogP contribution in [0.5, 0.6) is 0 Å². The van der Waals surface area contributed by atoms with Crippen molar-refractivity contribution < 1.29 is 0 Å². The molecule has 1 aromatic rings. The van der Waals surface area contributed by atoms with Gasteiger partial charge in [-0.3, -0.25) is 0 Å². The zero-order valence-corrected chi connectivity index (χ0v) is 10.5. The Kier molecular flexibility index (Phi) is 3.49. The minimum absolute atomic E-state index is 0.599. The van der Waals surface area contributed by atoms with Gasteiger partial charge >= 0.3 is 0 Å². The standard InChI is InChI=1S/C14H22N2/c1-4-11(2)13-10-16(3)14-8-6-5-7-12(14)9-15-13/h5-8,11,13,15H,4,9-10H2,1-3H3. The summed E-state index contributed by atoms with van der Waals surface area (Å²) in [6.07, 6.45) is 1.24. The van der Waals surface area contributed by atoms with E-state index in [0.29, 0.717) is 6.04 Å². The number of nitrogens with one attached hydrogen (secondary N) is 1. The third kappa shape index (κ3) is 2.22. The molecule has 0 fully saturated rings. The molecule has 2 nitrogen and oxygen atoms in total. The summed E-state index contributed by atoms with van der Waals surface area (Å²) in [6.45, 7) is 6.70. The Balaban J connectivity index is 2.19. The Labute approximate surface area is 98.7 Å². The summed E-state index contributed by atoms with van der Waals surface area (Å²) in [6, 6.07) is 9.28. The number of hydrogen-bond donors (Lipinski definition) is 1. The smallest absolute Gasteiger partial charge is 0.0409 e. The first-order chi connectivity index (χ1) is 7.72. The minimum Gasteiger partial charge on any atom is -0.373 e. The van der Waals surface area contributed by atoms with E-state index in [0.717, 1.165) is 19.0 Å². The number of para-hydroxylation sites is 1. The van der Waals surface area contributed by atoms with Crippen LogP contribution in [0.1, 0.15) is 25.8 Å². The van der Waals surface area contributed by atoms with E-state index in [4.69, 9.17) is 0 Å². The highest BCUT2D eigenvalue weighted by atomic mass is 15.2. The van der Waals surface area contributed by atoms with Gasteiger partial charge in [-0.1, -0.05) is 38.5 Å². The predicted octanol–water partition coefficient (Wildman–Crippen LogP) is 2.64. The maximum atomic E-state index is 3.68. The van der Waals surface area contributed by atoms with Crippen LogP contribution in [0.15, 0.2) is 24.3 Å².